The molecule has 1 heterocycles. The molecular formula is C23H19NO2. The van der Waals surface area contributed by atoms with Gasteiger partial charge in [-0.25, -0.2) is 4.98 Å². The predicted molar refractivity (Wildman–Crippen MR) is 106 cm³/mol. The quantitative estimate of drug-likeness (QED) is 0.485. The van der Waals surface area contributed by atoms with Crippen molar-refractivity contribution in [1.29, 1.82) is 0 Å². The minimum absolute atomic E-state index is 0.838. The molecule has 0 radical (unpaired) electrons. The van der Waals surface area contributed by atoms with Crippen molar-refractivity contribution in [1.82, 2.24) is 4.98 Å². The molecule has 0 fully saturated rings. The Morgan fingerprint density at radius 3 is 1.85 bits per heavy atom. The third kappa shape index (κ3) is 3.00. The summed E-state index contributed by atoms with van der Waals surface area (Å²) in [7, 11) is 3.35. The number of ether oxygens (including phenoxy) is 2. The summed E-state index contributed by atoms with van der Waals surface area (Å²) in [6.07, 6.45) is 0. The summed E-state index contributed by atoms with van der Waals surface area (Å²) in [5.41, 5.74) is 5.28. The van der Waals surface area contributed by atoms with E-state index in [0.717, 1.165) is 44.8 Å². The van der Waals surface area contributed by atoms with E-state index in [4.69, 9.17) is 14.5 Å². The van der Waals surface area contributed by atoms with Crippen molar-refractivity contribution >= 4 is 10.9 Å². The lowest BCUT2D eigenvalue weighted by Gasteiger charge is -2.11. The fourth-order valence-corrected chi connectivity index (χ4v) is 3.09. The number of aromatic nitrogens is 1. The topological polar surface area (TPSA) is 31.4 Å². The molecule has 0 atom stereocenters. The van der Waals surface area contributed by atoms with Crippen LogP contribution in [0.3, 0.4) is 0 Å². The van der Waals surface area contributed by atoms with Gasteiger partial charge in [0.05, 0.1) is 25.4 Å². The Hall–Kier alpha value is -3.33. The van der Waals surface area contributed by atoms with Crippen LogP contribution in [0.4, 0.5) is 0 Å². The molecule has 0 aliphatic heterocycles. The molecule has 1 aromatic heterocycles. The van der Waals surface area contributed by atoms with Crippen molar-refractivity contribution in [3.8, 4) is 33.9 Å². The summed E-state index contributed by atoms with van der Waals surface area (Å²) < 4.78 is 10.5. The van der Waals surface area contributed by atoms with Gasteiger partial charge in [0.2, 0.25) is 0 Å². The van der Waals surface area contributed by atoms with Gasteiger partial charge in [-0.3, -0.25) is 0 Å². The molecular weight excluding hydrogens is 322 g/mol. The summed E-state index contributed by atoms with van der Waals surface area (Å²) in [6, 6.07) is 26.5. The number of rotatable bonds is 4. The largest absolute Gasteiger partial charge is 0.497 e. The van der Waals surface area contributed by atoms with Crippen LogP contribution in [-0.4, -0.2) is 19.2 Å². The number of hydrogen-bond donors (Lipinski definition) is 0. The molecule has 3 aromatic carbocycles. The van der Waals surface area contributed by atoms with E-state index >= 15 is 0 Å². The number of methoxy groups -OCH3 is 2. The van der Waals surface area contributed by atoms with Crippen LogP contribution in [0.5, 0.6) is 11.5 Å². The minimum Gasteiger partial charge on any atom is -0.497 e. The van der Waals surface area contributed by atoms with Crippen LogP contribution < -0.4 is 9.47 Å². The van der Waals surface area contributed by atoms with E-state index in [-0.39, 0.29) is 0 Å². The first kappa shape index (κ1) is 16.2. The first-order chi connectivity index (χ1) is 12.8. The van der Waals surface area contributed by atoms with E-state index < -0.39 is 0 Å². The van der Waals surface area contributed by atoms with E-state index in [9.17, 15) is 0 Å². The zero-order chi connectivity index (χ0) is 17.9. The molecule has 0 saturated heterocycles. The van der Waals surface area contributed by atoms with Gasteiger partial charge in [0.15, 0.2) is 0 Å². The molecule has 0 unspecified atom stereocenters. The van der Waals surface area contributed by atoms with Gasteiger partial charge in [0.25, 0.3) is 0 Å². The second-order valence-corrected chi connectivity index (χ2v) is 6.03. The number of fused-ring (bicyclic) bond motifs is 1. The summed E-state index contributed by atoms with van der Waals surface area (Å²) in [5.74, 6) is 1.69. The normalized spacial score (nSPS) is 10.7. The molecule has 3 nitrogen and oxygen atoms in total. The molecule has 4 aromatic rings. The number of benzene rings is 3. The molecule has 0 amide bonds. The maximum Gasteiger partial charge on any atom is 0.118 e. The Balaban J connectivity index is 1.89. The molecule has 0 saturated carbocycles. The van der Waals surface area contributed by atoms with Crippen molar-refractivity contribution in [2.24, 2.45) is 0 Å². The van der Waals surface area contributed by atoms with Gasteiger partial charge in [-0.1, -0.05) is 30.3 Å². The van der Waals surface area contributed by atoms with Crippen molar-refractivity contribution in [2.75, 3.05) is 14.2 Å². The van der Waals surface area contributed by atoms with Crippen LogP contribution in [0.1, 0.15) is 0 Å². The van der Waals surface area contributed by atoms with Crippen LogP contribution in [0.15, 0.2) is 78.9 Å². The van der Waals surface area contributed by atoms with Crippen molar-refractivity contribution in [2.45, 2.75) is 0 Å². The predicted octanol–water partition coefficient (Wildman–Crippen LogP) is 5.59. The molecule has 4 rings (SSSR count). The third-order valence-corrected chi connectivity index (χ3v) is 4.50. The first-order valence-electron chi connectivity index (χ1n) is 8.47. The number of hydrogen-bond acceptors (Lipinski definition) is 3. The Labute approximate surface area is 152 Å². The molecule has 3 heteroatoms. The van der Waals surface area contributed by atoms with Gasteiger partial charge in [0.1, 0.15) is 11.5 Å². The van der Waals surface area contributed by atoms with Crippen molar-refractivity contribution < 1.29 is 9.47 Å². The van der Waals surface area contributed by atoms with Gasteiger partial charge >= 0.3 is 0 Å². The summed E-state index contributed by atoms with van der Waals surface area (Å²) >= 11 is 0. The summed E-state index contributed by atoms with van der Waals surface area (Å²) in [4.78, 5) is 4.86. The fraction of sp³-hybridized carbons (Fsp3) is 0.0870. The van der Waals surface area contributed by atoms with Gasteiger partial charge in [-0.15, -0.1) is 0 Å². The summed E-state index contributed by atoms with van der Waals surface area (Å²) in [6.45, 7) is 0. The lowest BCUT2D eigenvalue weighted by Crippen LogP contribution is -1.90. The zero-order valence-electron chi connectivity index (χ0n) is 14.8. The lowest BCUT2D eigenvalue weighted by molar-refractivity contribution is 0.415. The van der Waals surface area contributed by atoms with E-state index in [1.807, 2.05) is 48.5 Å². The van der Waals surface area contributed by atoms with E-state index in [1.54, 1.807) is 14.2 Å². The van der Waals surface area contributed by atoms with Crippen LogP contribution in [0.25, 0.3) is 33.3 Å². The van der Waals surface area contributed by atoms with Crippen LogP contribution >= 0.6 is 0 Å². The second-order valence-electron chi connectivity index (χ2n) is 6.03. The molecule has 0 aliphatic carbocycles. The maximum absolute atomic E-state index is 5.28. The average Bonchev–Trinajstić information content (AvgIpc) is 2.73. The third-order valence-electron chi connectivity index (χ3n) is 4.50. The Kier molecular flexibility index (Phi) is 4.28. The van der Waals surface area contributed by atoms with Crippen molar-refractivity contribution in [3.63, 3.8) is 0 Å². The van der Waals surface area contributed by atoms with Crippen LogP contribution in [-0.2, 0) is 0 Å². The molecule has 0 N–H and O–H groups in total. The number of para-hydroxylation sites is 1. The Morgan fingerprint density at radius 2 is 1.23 bits per heavy atom. The minimum atomic E-state index is 0.838. The van der Waals surface area contributed by atoms with Gasteiger partial charge < -0.3 is 9.47 Å². The molecule has 0 spiro atoms. The summed E-state index contributed by atoms with van der Waals surface area (Å²) in [5, 5.41) is 1.13. The van der Waals surface area contributed by atoms with E-state index in [2.05, 4.69) is 30.3 Å². The SMILES string of the molecule is COc1ccc(-c2cc(-c3ccc(OC)cc3)c3ccccc3n2)cc1. The van der Waals surface area contributed by atoms with Crippen LogP contribution in [0.2, 0.25) is 0 Å². The van der Waals surface area contributed by atoms with Gasteiger partial charge in [0, 0.05) is 10.9 Å². The molecule has 128 valence electrons. The maximum atomic E-state index is 5.28. The van der Waals surface area contributed by atoms with E-state index in [1.165, 1.54) is 0 Å². The standard InChI is InChI=1S/C23H19NO2/c1-25-18-11-7-16(8-12-18)21-15-23(17-9-13-19(26-2)14-10-17)24-22-6-4-3-5-20(21)22/h3-15H,1-2H3. The average molecular weight is 341 g/mol. The lowest BCUT2D eigenvalue weighted by atomic mass is 9.98. The first-order valence-corrected chi connectivity index (χ1v) is 8.47. The van der Waals surface area contributed by atoms with Crippen molar-refractivity contribution in [3.05, 3.63) is 78.9 Å². The highest BCUT2D eigenvalue weighted by Gasteiger charge is 2.10. The molecule has 0 bridgehead atoms. The monoisotopic (exact) mass is 341 g/mol. The van der Waals surface area contributed by atoms with Gasteiger partial charge in [-0.2, -0.15) is 0 Å². The number of pyridine rings is 1. The van der Waals surface area contributed by atoms with Crippen LogP contribution in [0, 0.1) is 0 Å². The molecule has 0 aliphatic rings. The molecule has 26 heavy (non-hydrogen) atoms. The highest BCUT2D eigenvalue weighted by atomic mass is 16.5. The Bertz CT molecular complexity index is 1040. The highest BCUT2D eigenvalue weighted by Crippen LogP contribution is 2.33. The number of nitrogens with zero attached hydrogens (tertiary/aromatic N) is 1. The fourth-order valence-electron chi connectivity index (χ4n) is 3.09. The zero-order valence-corrected chi connectivity index (χ0v) is 14.8. The smallest absolute Gasteiger partial charge is 0.118 e. The second kappa shape index (κ2) is 6.89. The van der Waals surface area contributed by atoms with E-state index in [0.29, 0.717) is 0 Å². The van der Waals surface area contributed by atoms with Gasteiger partial charge in [-0.05, 0) is 59.7 Å². The Morgan fingerprint density at radius 1 is 0.654 bits per heavy atom. The highest BCUT2D eigenvalue weighted by molar-refractivity contribution is 5.96.